The summed E-state index contributed by atoms with van der Waals surface area (Å²) in [5.41, 5.74) is 0.750. The Morgan fingerprint density at radius 2 is 2.14 bits per heavy atom. The third kappa shape index (κ3) is 1.59. The van der Waals surface area contributed by atoms with Gasteiger partial charge in [-0.3, -0.25) is 0 Å². The molecule has 1 nitrogen and oxygen atoms in total. The van der Waals surface area contributed by atoms with E-state index in [0.717, 1.165) is 18.4 Å². The van der Waals surface area contributed by atoms with E-state index in [0.29, 0.717) is 5.75 Å². The number of aryl methyl sites for hydroxylation is 1. The number of hydrogen-bond donors (Lipinski definition) is 0. The highest BCUT2D eigenvalue weighted by Gasteiger charge is 2.28. The Morgan fingerprint density at radius 3 is 2.86 bits per heavy atom. The predicted octanol–water partition coefficient (Wildman–Crippen LogP) is 3.58. The number of fused-ring (bicyclic) bond motifs is 1. The molecule has 1 aliphatic rings. The van der Waals surface area contributed by atoms with Crippen molar-refractivity contribution in [3.8, 4) is 5.75 Å². The van der Waals surface area contributed by atoms with Crippen molar-refractivity contribution in [1.82, 2.24) is 0 Å². The van der Waals surface area contributed by atoms with Crippen LogP contribution in [0, 0.1) is 5.82 Å². The summed E-state index contributed by atoms with van der Waals surface area (Å²) < 4.78 is 18.8. The zero-order valence-corrected chi connectivity index (χ0v) is 8.99. The molecule has 76 valence electrons. The van der Waals surface area contributed by atoms with Gasteiger partial charge in [0.1, 0.15) is 22.2 Å². The lowest BCUT2D eigenvalue weighted by atomic mass is 9.94. The van der Waals surface area contributed by atoms with Crippen LogP contribution in [0.4, 0.5) is 4.39 Å². The fraction of sp³-hybridized carbons (Fsp3) is 0.455. The third-order valence-corrected chi connectivity index (χ3v) is 2.86. The van der Waals surface area contributed by atoms with Crippen molar-refractivity contribution in [2.24, 2.45) is 0 Å². The van der Waals surface area contributed by atoms with Gasteiger partial charge in [0, 0.05) is 0 Å². The number of rotatable bonds is 0. The first kappa shape index (κ1) is 9.78. The van der Waals surface area contributed by atoms with Crippen LogP contribution in [0.1, 0.15) is 25.8 Å². The van der Waals surface area contributed by atoms with Crippen molar-refractivity contribution in [1.29, 1.82) is 0 Å². The van der Waals surface area contributed by atoms with Crippen LogP contribution >= 0.6 is 11.6 Å². The Hall–Kier alpha value is -0.760. The van der Waals surface area contributed by atoms with Crippen molar-refractivity contribution >= 4 is 11.6 Å². The molecule has 0 atom stereocenters. The quantitative estimate of drug-likeness (QED) is 0.642. The summed E-state index contributed by atoms with van der Waals surface area (Å²) in [6.45, 7) is 3.97. The van der Waals surface area contributed by atoms with Gasteiger partial charge in [0.25, 0.3) is 0 Å². The Kier molecular flexibility index (Phi) is 2.18. The van der Waals surface area contributed by atoms with Crippen LogP contribution in [0.25, 0.3) is 0 Å². The van der Waals surface area contributed by atoms with Gasteiger partial charge in [0.05, 0.1) is 0 Å². The standard InChI is InChI=1S/C11H12ClFO/c1-11(2)6-5-7-3-4-8(13)9(12)10(7)14-11/h3-4H,5-6H2,1-2H3. The van der Waals surface area contributed by atoms with Crippen molar-refractivity contribution in [3.05, 3.63) is 28.5 Å². The van der Waals surface area contributed by atoms with Gasteiger partial charge in [-0.15, -0.1) is 0 Å². The molecular formula is C11H12ClFO. The van der Waals surface area contributed by atoms with E-state index in [4.69, 9.17) is 16.3 Å². The normalized spacial score (nSPS) is 18.6. The summed E-state index contributed by atoms with van der Waals surface area (Å²) >= 11 is 5.84. The molecule has 0 bridgehead atoms. The zero-order valence-electron chi connectivity index (χ0n) is 8.23. The lowest BCUT2D eigenvalue weighted by molar-refractivity contribution is 0.0843. The fourth-order valence-electron chi connectivity index (χ4n) is 1.64. The number of halogens is 2. The molecule has 0 aromatic heterocycles. The van der Waals surface area contributed by atoms with Crippen LogP contribution < -0.4 is 4.74 Å². The van der Waals surface area contributed by atoms with E-state index in [1.165, 1.54) is 6.07 Å². The Bertz CT molecular complexity index is 374. The lowest BCUT2D eigenvalue weighted by Crippen LogP contribution is -2.32. The number of hydrogen-bond acceptors (Lipinski definition) is 1. The summed E-state index contributed by atoms with van der Waals surface area (Å²) in [6, 6.07) is 3.13. The predicted molar refractivity (Wildman–Crippen MR) is 54.4 cm³/mol. The molecule has 0 amide bonds. The second-order valence-electron chi connectivity index (χ2n) is 4.21. The molecule has 1 aliphatic heterocycles. The highest BCUT2D eigenvalue weighted by molar-refractivity contribution is 6.32. The van der Waals surface area contributed by atoms with E-state index in [-0.39, 0.29) is 10.6 Å². The molecule has 0 saturated heterocycles. The van der Waals surface area contributed by atoms with Crippen molar-refractivity contribution in [2.45, 2.75) is 32.3 Å². The minimum Gasteiger partial charge on any atom is -0.486 e. The molecule has 0 fully saturated rings. The van der Waals surface area contributed by atoms with Gasteiger partial charge in [-0.25, -0.2) is 4.39 Å². The van der Waals surface area contributed by atoms with Crippen LogP contribution in [-0.4, -0.2) is 5.60 Å². The first-order chi connectivity index (χ1) is 6.49. The third-order valence-electron chi connectivity index (χ3n) is 2.51. The van der Waals surface area contributed by atoms with Crippen LogP contribution in [0.2, 0.25) is 5.02 Å². The van der Waals surface area contributed by atoms with E-state index in [9.17, 15) is 4.39 Å². The second-order valence-corrected chi connectivity index (χ2v) is 4.59. The molecule has 14 heavy (non-hydrogen) atoms. The molecule has 1 aromatic carbocycles. The first-order valence-corrected chi connectivity index (χ1v) is 5.03. The maximum absolute atomic E-state index is 13.1. The van der Waals surface area contributed by atoms with E-state index in [1.807, 2.05) is 13.8 Å². The molecule has 0 aliphatic carbocycles. The molecule has 1 aromatic rings. The molecule has 0 radical (unpaired) electrons. The van der Waals surface area contributed by atoms with Gasteiger partial charge >= 0.3 is 0 Å². The minimum atomic E-state index is -0.414. The zero-order chi connectivity index (χ0) is 10.3. The molecular weight excluding hydrogens is 203 g/mol. The monoisotopic (exact) mass is 214 g/mol. The first-order valence-electron chi connectivity index (χ1n) is 4.65. The Labute approximate surface area is 87.8 Å². The van der Waals surface area contributed by atoms with E-state index in [2.05, 4.69) is 0 Å². The highest BCUT2D eigenvalue weighted by Crippen LogP contribution is 2.39. The van der Waals surface area contributed by atoms with Crippen molar-refractivity contribution < 1.29 is 9.13 Å². The van der Waals surface area contributed by atoms with Crippen LogP contribution in [-0.2, 0) is 6.42 Å². The van der Waals surface area contributed by atoms with Crippen LogP contribution in [0.5, 0.6) is 5.75 Å². The maximum atomic E-state index is 13.1. The van der Waals surface area contributed by atoms with E-state index >= 15 is 0 Å². The molecule has 3 heteroatoms. The number of benzene rings is 1. The van der Waals surface area contributed by atoms with E-state index in [1.54, 1.807) is 6.07 Å². The van der Waals surface area contributed by atoms with Gasteiger partial charge in [-0.2, -0.15) is 0 Å². The molecule has 0 spiro atoms. The van der Waals surface area contributed by atoms with Gasteiger partial charge in [0.15, 0.2) is 0 Å². The van der Waals surface area contributed by atoms with Crippen LogP contribution in [0.15, 0.2) is 12.1 Å². The summed E-state index contributed by atoms with van der Waals surface area (Å²) in [5, 5.41) is 0.107. The largest absolute Gasteiger partial charge is 0.486 e. The van der Waals surface area contributed by atoms with Crippen molar-refractivity contribution in [2.75, 3.05) is 0 Å². The van der Waals surface area contributed by atoms with Gasteiger partial charge in [-0.05, 0) is 38.3 Å². The average molecular weight is 215 g/mol. The average Bonchev–Trinajstić information content (AvgIpc) is 2.11. The topological polar surface area (TPSA) is 9.23 Å². The SMILES string of the molecule is CC1(C)CCc2ccc(F)c(Cl)c2O1. The minimum absolute atomic E-state index is 0.107. The lowest BCUT2D eigenvalue weighted by Gasteiger charge is -2.33. The molecule has 0 unspecified atom stereocenters. The smallest absolute Gasteiger partial charge is 0.145 e. The summed E-state index contributed by atoms with van der Waals surface area (Å²) in [4.78, 5) is 0. The number of ether oxygens (including phenoxy) is 1. The van der Waals surface area contributed by atoms with Crippen LogP contribution in [0.3, 0.4) is 0 Å². The maximum Gasteiger partial charge on any atom is 0.145 e. The molecule has 1 heterocycles. The van der Waals surface area contributed by atoms with Crippen molar-refractivity contribution in [3.63, 3.8) is 0 Å². The molecule has 2 rings (SSSR count). The second kappa shape index (κ2) is 3.13. The van der Waals surface area contributed by atoms with E-state index < -0.39 is 5.82 Å². The fourth-order valence-corrected chi connectivity index (χ4v) is 1.87. The summed E-state index contributed by atoms with van der Waals surface area (Å²) in [5.74, 6) is 0.103. The Morgan fingerprint density at radius 1 is 1.43 bits per heavy atom. The Balaban J connectivity index is 2.49. The van der Waals surface area contributed by atoms with Gasteiger partial charge < -0.3 is 4.74 Å². The molecule has 0 N–H and O–H groups in total. The summed E-state index contributed by atoms with van der Waals surface area (Å²) in [7, 11) is 0. The molecule has 0 saturated carbocycles. The summed E-state index contributed by atoms with van der Waals surface area (Å²) in [6.07, 6.45) is 1.82. The highest BCUT2D eigenvalue weighted by atomic mass is 35.5. The van der Waals surface area contributed by atoms with Gasteiger partial charge in [0.2, 0.25) is 0 Å². The van der Waals surface area contributed by atoms with Gasteiger partial charge in [-0.1, -0.05) is 17.7 Å².